The van der Waals surface area contributed by atoms with Gasteiger partial charge in [0.15, 0.2) is 0 Å². The number of aromatic nitrogens is 2. The highest BCUT2D eigenvalue weighted by Crippen LogP contribution is 2.30. The molecule has 4 nitrogen and oxygen atoms in total. The zero-order valence-corrected chi connectivity index (χ0v) is 10.8. The van der Waals surface area contributed by atoms with Gasteiger partial charge in [0.1, 0.15) is 9.84 Å². The average Bonchev–Trinajstić information content (AvgIpc) is 2.59. The zero-order chi connectivity index (χ0) is 11.8. The molecule has 16 heavy (non-hydrogen) atoms. The Kier molecular flexibility index (Phi) is 3.26. The maximum Gasteiger partial charge on any atom is 0.202 e. The van der Waals surface area contributed by atoms with Crippen LogP contribution in [0.2, 0.25) is 5.28 Å². The van der Waals surface area contributed by atoms with Gasteiger partial charge in [-0.15, -0.1) is 0 Å². The predicted molar refractivity (Wildman–Crippen MR) is 63.5 cm³/mol. The molecule has 0 unspecified atom stereocenters. The highest BCUT2D eigenvalue weighted by Gasteiger charge is 2.27. The van der Waals surface area contributed by atoms with E-state index in [1.165, 1.54) is 0 Å². The summed E-state index contributed by atoms with van der Waals surface area (Å²) in [7, 11) is -2.80. The third-order valence-corrected chi connectivity index (χ3v) is 5.14. The molecule has 0 saturated carbocycles. The Morgan fingerprint density at radius 3 is 2.69 bits per heavy atom. The number of hydrogen-bond acceptors (Lipinski definition) is 3. The second kappa shape index (κ2) is 4.37. The summed E-state index contributed by atoms with van der Waals surface area (Å²) in [6.45, 7) is 2.79. The summed E-state index contributed by atoms with van der Waals surface area (Å²) in [5.74, 6) is 0.845. The zero-order valence-electron chi connectivity index (χ0n) is 9.19. The fraction of sp³-hybridized carbons (Fsp3) is 0.700. The molecular formula is C10H15ClN2O2S. The van der Waals surface area contributed by atoms with Crippen LogP contribution in [0.3, 0.4) is 0 Å². The van der Waals surface area contributed by atoms with Crippen LogP contribution in [0.5, 0.6) is 0 Å². The molecule has 0 amide bonds. The highest BCUT2D eigenvalue weighted by molar-refractivity contribution is 7.91. The average molecular weight is 263 g/mol. The molecule has 2 heterocycles. The molecule has 1 aliphatic heterocycles. The predicted octanol–water partition coefficient (Wildman–Crippen LogP) is 1.85. The van der Waals surface area contributed by atoms with Gasteiger partial charge in [0.05, 0.1) is 17.7 Å². The van der Waals surface area contributed by atoms with Crippen molar-refractivity contribution in [3.05, 3.63) is 17.2 Å². The van der Waals surface area contributed by atoms with E-state index in [1.54, 1.807) is 6.20 Å². The first-order chi connectivity index (χ1) is 7.53. The SMILES string of the molecule is CCn1c(C2CCS(=O)(=O)CC2)cnc1Cl. The Morgan fingerprint density at radius 1 is 1.50 bits per heavy atom. The van der Waals surface area contributed by atoms with Gasteiger partial charge in [-0.3, -0.25) is 0 Å². The van der Waals surface area contributed by atoms with E-state index in [0.29, 0.717) is 18.1 Å². The lowest BCUT2D eigenvalue weighted by Gasteiger charge is -2.22. The fourth-order valence-electron chi connectivity index (χ4n) is 2.19. The summed E-state index contributed by atoms with van der Waals surface area (Å²) < 4.78 is 24.6. The molecular weight excluding hydrogens is 248 g/mol. The normalized spacial score (nSPS) is 21.1. The Bertz CT molecular complexity index is 467. The molecule has 1 aromatic heterocycles. The quantitative estimate of drug-likeness (QED) is 0.817. The molecule has 0 bridgehead atoms. The minimum absolute atomic E-state index is 0.281. The number of halogens is 1. The molecule has 1 saturated heterocycles. The van der Waals surface area contributed by atoms with Crippen LogP contribution in [-0.4, -0.2) is 29.5 Å². The molecule has 1 aromatic rings. The van der Waals surface area contributed by atoms with Gasteiger partial charge in [0.25, 0.3) is 0 Å². The lowest BCUT2D eigenvalue weighted by molar-refractivity contribution is 0.529. The summed E-state index contributed by atoms with van der Waals surface area (Å²) in [6, 6.07) is 0. The smallest absolute Gasteiger partial charge is 0.202 e. The van der Waals surface area contributed by atoms with Crippen LogP contribution < -0.4 is 0 Å². The van der Waals surface area contributed by atoms with Crippen molar-refractivity contribution in [1.29, 1.82) is 0 Å². The van der Waals surface area contributed by atoms with E-state index in [9.17, 15) is 8.42 Å². The molecule has 0 radical (unpaired) electrons. The van der Waals surface area contributed by atoms with E-state index in [4.69, 9.17) is 11.6 Å². The fourth-order valence-corrected chi connectivity index (χ4v) is 3.95. The van der Waals surface area contributed by atoms with E-state index in [2.05, 4.69) is 4.98 Å². The first-order valence-electron chi connectivity index (χ1n) is 5.45. The number of hydrogen-bond donors (Lipinski definition) is 0. The van der Waals surface area contributed by atoms with Gasteiger partial charge in [0, 0.05) is 18.2 Å². The van der Waals surface area contributed by atoms with Crippen LogP contribution >= 0.6 is 11.6 Å². The molecule has 1 fully saturated rings. The highest BCUT2D eigenvalue weighted by atomic mass is 35.5. The lowest BCUT2D eigenvalue weighted by Crippen LogP contribution is -2.23. The van der Waals surface area contributed by atoms with Gasteiger partial charge < -0.3 is 4.57 Å². The second-order valence-corrected chi connectivity index (χ2v) is 6.76. The van der Waals surface area contributed by atoms with Crippen molar-refractivity contribution in [3.8, 4) is 0 Å². The molecule has 2 rings (SSSR count). The maximum atomic E-state index is 11.3. The topological polar surface area (TPSA) is 52.0 Å². The van der Waals surface area contributed by atoms with Gasteiger partial charge in [-0.2, -0.15) is 0 Å². The van der Waals surface area contributed by atoms with Crippen molar-refractivity contribution < 1.29 is 8.42 Å². The van der Waals surface area contributed by atoms with Crippen LogP contribution in [0.1, 0.15) is 31.4 Å². The van der Waals surface area contributed by atoms with Crippen LogP contribution in [-0.2, 0) is 16.4 Å². The Hall–Kier alpha value is -0.550. The summed E-state index contributed by atoms with van der Waals surface area (Å²) in [6.07, 6.45) is 3.14. The van der Waals surface area contributed by atoms with E-state index in [-0.39, 0.29) is 17.4 Å². The van der Waals surface area contributed by atoms with Crippen molar-refractivity contribution in [2.24, 2.45) is 0 Å². The summed E-state index contributed by atoms with van der Waals surface area (Å²) >= 11 is 5.95. The van der Waals surface area contributed by atoms with Crippen molar-refractivity contribution >= 4 is 21.4 Å². The largest absolute Gasteiger partial charge is 0.319 e. The van der Waals surface area contributed by atoms with Crippen molar-refractivity contribution in [2.45, 2.75) is 32.2 Å². The summed E-state index contributed by atoms with van der Waals surface area (Å²) in [5.41, 5.74) is 1.07. The van der Waals surface area contributed by atoms with Gasteiger partial charge in [-0.1, -0.05) is 0 Å². The number of imidazole rings is 1. The third kappa shape index (κ3) is 2.25. The Labute approximate surface area is 101 Å². The van der Waals surface area contributed by atoms with Gasteiger partial charge in [-0.25, -0.2) is 13.4 Å². The van der Waals surface area contributed by atoms with Gasteiger partial charge in [-0.05, 0) is 31.4 Å². The molecule has 0 atom stereocenters. The van der Waals surface area contributed by atoms with Gasteiger partial charge in [0.2, 0.25) is 5.28 Å². The van der Waals surface area contributed by atoms with Crippen LogP contribution in [0.25, 0.3) is 0 Å². The van der Waals surface area contributed by atoms with Crippen molar-refractivity contribution in [2.75, 3.05) is 11.5 Å². The van der Waals surface area contributed by atoms with E-state index >= 15 is 0 Å². The monoisotopic (exact) mass is 262 g/mol. The first kappa shape index (κ1) is 11.9. The minimum Gasteiger partial charge on any atom is -0.319 e. The third-order valence-electron chi connectivity index (χ3n) is 3.13. The summed E-state index contributed by atoms with van der Waals surface area (Å²) in [4.78, 5) is 4.08. The molecule has 0 N–H and O–H groups in total. The lowest BCUT2D eigenvalue weighted by atomic mass is 9.99. The number of rotatable bonds is 2. The van der Waals surface area contributed by atoms with Crippen LogP contribution in [0.4, 0.5) is 0 Å². The summed E-state index contributed by atoms with van der Waals surface area (Å²) in [5, 5.41) is 0.492. The van der Waals surface area contributed by atoms with Crippen LogP contribution in [0, 0.1) is 0 Å². The molecule has 0 spiro atoms. The van der Waals surface area contributed by atoms with Gasteiger partial charge >= 0.3 is 0 Å². The minimum atomic E-state index is -2.80. The number of sulfone groups is 1. The Morgan fingerprint density at radius 2 is 2.12 bits per heavy atom. The maximum absolute atomic E-state index is 11.3. The standard InChI is InChI=1S/C10H15ClN2O2S/c1-2-13-9(7-12-10(13)11)8-3-5-16(14,15)6-4-8/h7-8H,2-6H2,1H3. The molecule has 90 valence electrons. The van der Waals surface area contributed by atoms with Crippen molar-refractivity contribution in [1.82, 2.24) is 9.55 Å². The van der Waals surface area contributed by atoms with Crippen molar-refractivity contribution in [3.63, 3.8) is 0 Å². The van der Waals surface area contributed by atoms with E-state index < -0.39 is 9.84 Å². The molecule has 1 aliphatic rings. The van der Waals surface area contributed by atoms with E-state index in [0.717, 1.165) is 12.2 Å². The second-order valence-electron chi connectivity index (χ2n) is 4.12. The number of nitrogens with zero attached hydrogens (tertiary/aromatic N) is 2. The first-order valence-corrected chi connectivity index (χ1v) is 7.65. The molecule has 0 aliphatic carbocycles. The molecule has 0 aromatic carbocycles. The molecule has 6 heteroatoms. The van der Waals surface area contributed by atoms with Crippen LogP contribution in [0.15, 0.2) is 6.20 Å². The van der Waals surface area contributed by atoms with E-state index in [1.807, 2.05) is 11.5 Å². The Balaban J connectivity index is 2.20.